The second-order valence-electron chi connectivity index (χ2n) is 6.55. The van der Waals surface area contributed by atoms with Gasteiger partial charge in [0.15, 0.2) is 0 Å². The van der Waals surface area contributed by atoms with E-state index in [-0.39, 0.29) is 17.3 Å². The SMILES string of the molecule is CC(C)(C)CC(=O)O.CCCC(=O)C(C)(C)C. The van der Waals surface area contributed by atoms with Crippen molar-refractivity contribution < 1.29 is 14.7 Å². The van der Waals surface area contributed by atoms with Gasteiger partial charge in [-0.05, 0) is 11.8 Å². The molecule has 3 nitrogen and oxygen atoms in total. The van der Waals surface area contributed by atoms with Crippen molar-refractivity contribution in [1.29, 1.82) is 0 Å². The van der Waals surface area contributed by atoms with Gasteiger partial charge in [-0.3, -0.25) is 9.59 Å². The van der Waals surface area contributed by atoms with Crippen LogP contribution < -0.4 is 0 Å². The smallest absolute Gasteiger partial charge is 0.303 e. The fourth-order valence-corrected chi connectivity index (χ4v) is 1.06. The third kappa shape index (κ3) is 15.1. The van der Waals surface area contributed by atoms with Crippen LogP contribution in [0.3, 0.4) is 0 Å². The standard InChI is InChI=1S/C8H16O.C6H12O2/c1-5-6-7(9)8(2,3)4;1-6(2,3)4-5(7)8/h5-6H2,1-4H3;4H2,1-3H3,(H,7,8). The van der Waals surface area contributed by atoms with Gasteiger partial charge in [0, 0.05) is 11.8 Å². The zero-order valence-corrected chi connectivity index (χ0v) is 12.4. The highest BCUT2D eigenvalue weighted by Gasteiger charge is 2.19. The Labute approximate surface area is 106 Å². The summed E-state index contributed by atoms with van der Waals surface area (Å²) in [6, 6.07) is 0. The number of carboxylic acids is 1. The molecule has 0 radical (unpaired) electrons. The van der Waals surface area contributed by atoms with Gasteiger partial charge in [-0.2, -0.15) is 0 Å². The van der Waals surface area contributed by atoms with Gasteiger partial charge in [-0.15, -0.1) is 0 Å². The molecular weight excluding hydrogens is 216 g/mol. The number of hydrogen-bond donors (Lipinski definition) is 1. The number of carbonyl (C=O) groups is 2. The first kappa shape index (κ1) is 18.5. The molecule has 0 rings (SSSR count). The number of rotatable bonds is 3. The van der Waals surface area contributed by atoms with E-state index in [4.69, 9.17) is 5.11 Å². The highest BCUT2D eigenvalue weighted by molar-refractivity contribution is 5.83. The highest BCUT2D eigenvalue weighted by atomic mass is 16.4. The third-order valence-electron chi connectivity index (χ3n) is 2.00. The molecule has 0 saturated carbocycles. The van der Waals surface area contributed by atoms with Crippen molar-refractivity contribution in [2.75, 3.05) is 0 Å². The van der Waals surface area contributed by atoms with Crippen molar-refractivity contribution in [3.8, 4) is 0 Å². The summed E-state index contributed by atoms with van der Waals surface area (Å²) in [6.07, 6.45) is 1.94. The summed E-state index contributed by atoms with van der Waals surface area (Å²) < 4.78 is 0. The average Bonchev–Trinajstić information content (AvgIpc) is 1.98. The molecule has 0 unspecified atom stereocenters. The lowest BCUT2D eigenvalue weighted by Gasteiger charge is -2.15. The molecule has 0 saturated heterocycles. The van der Waals surface area contributed by atoms with Crippen molar-refractivity contribution in [3.63, 3.8) is 0 Å². The van der Waals surface area contributed by atoms with Crippen LogP contribution >= 0.6 is 0 Å². The Balaban J connectivity index is 0. The number of aliphatic carboxylic acids is 1. The first-order valence-electron chi connectivity index (χ1n) is 6.15. The summed E-state index contributed by atoms with van der Waals surface area (Å²) >= 11 is 0. The quantitative estimate of drug-likeness (QED) is 0.819. The molecule has 0 aromatic heterocycles. The van der Waals surface area contributed by atoms with E-state index in [0.717, 1.165) is 12.8 Å². The monoisotopic (exact) mass is 244 g/mol. The molecule has 0 heterocycles. The normalized spacial score (nSPS) is 11.5. The van der Waals surface area contributed by atoms with Crippen molar-refractivity contribution >= 4 is 11.8 Å². The van der Waals surface area contributed by atoms with Crippen LogP contribution in [0.5, 0.6) is 0 Å². The topological polar surface area (TPSA) is 54.4 Å². The van der Waals surface area contributed by atoms with E-state index in [1.54, 1.807) is 0 Å². The van der Waals surface area contributed by atoms with Crippen LogP contribution in [0.25, 0.3) is 0 Å². The van der Waals surface area contributed by atoms with Crippen molar-refractivity contribution in [3.05, 3.63) is 0 Å². The maximum absolute atomic E-state index is 11.1. The number of ketones is 1. The highest BCUT2D eigenvalue weighted by Crippen LogP contribution is 2.17. The Bertz CT molecular complexity index is 241. The molecule has 0 atom stereocenters. The minimum Gasteiger partial charge on any atom is -0.481 e. The maximum atomic E-state index is 11.1. The zero-order chi connectivity index (χ0) is 14.3. The first-order valence-corrected chi connectivity index (χ1v) is 6.15. The molecule has 3 heteroatoms. The number of carbonyl (C=O) groups excluding carboxylic acids is 1. The second-order valence-corrected chi connectivity index (χ2v) is 6.55. The van der Waals surface area contributed by atoms with E-state index < -0.39 is 5.97 Å². The largest absolute Gasteiger partial charge is 0.481 e. The Morgan fingerprint density at radius 3 is 1.47 bits per heavy atom. The maximum Gasteiger partial charge on any atom is 0.303 e. The molecule has 1 N–H and O–H groups in total. The lowest BCUT2D eigenvalue weighted by molar-refractivity contribution is -0.139. The van der Waals surface area contributed by atoms with Crippen molar-refractivity contribution in [2.45, 2.75) is 67.7 Å². The molecule has 0 aliphatic rings. The van der Waals surface area contributed by atoms with Gasteiger partial charge in [0.1, 0.15) is 5.78 Å². The molecule has 0 aromatic rings. The Kier molecular flexibility index (Phi) is 8.12. The summed E-state index contributed by atoms with van der Waals surface area (Å²) in [5.41, 5.74) is -0.207. The average molecular weight is 244 g/mol. The van der Waals surface area contributed by atoms with Gasteiger partial charge >= 0.3 is 5.97 Å². The third-order valence-corrected chi connectivity index (χ3v) is 2.00. The van der Waals surface area contributed by atoms with E-state index >= 15 is 0 Å². The second kappa shape index (κ2) is 7.46. The number of carboxylic acid groups (broad SMARTS) is 1. The van der Waals surface area contributed by atoms with E-state index in [1.807, 2.05) is 48.5 Å². The van der Waals surface area contributed by atoms with Crippen LogP contribution in [-0.2, 0) is 9.59 Å². The van der Waals surface area contributed by atoms with Gasteiger partial charge in [0.25, 0.3) is 0 Å². The van der Waals surface area contributed by atoms with Crippen molar-refractivity contribution in [2.24, 2.45) is 10.8 Å². The fourth-order valence-electron chi connectivity index (χ4n) is 1.06. The molecule has 0 aliphatic heterocycles. The van der Waals surface area contributed by atoms with Gasteiger partial charge in [-0.25, -0.2) is 0 Å². The van der Waals surface area contributed by atoms with E-state index in [2.05, 4.69) is 0 Å². The molecular formula is C14H28O3. The summed E-state index contributed by atoms with van der Waals surface area (Å²) in [4.78, 5) is 21.1. The van der Waals surface area contributed by atoms with Crippen LogP contribution in [0.15, 0.2) is 0 Å². The van der Waals surface area contributed by atoms with E-state index in [9.17, 15) is 9.59 Å². The van der Waals surface area contributed by atoms with Gasteiger partial charge in [0.05, 0.1) is 6.42 Å². The molecule has 0 spiro atoms. The molecule has 0 aliphatic carbocycles. The molecule has 0 aromatic carbocycles. The van der Waals surface area contributed by atoms with Gasteiger partial charge < -0.3 is 5.11 Å². The Morgan fingerprint density at radius 2 is 1.41 bits per heavy atom. The minimum atomic E-state index is -0.725. The van der Waals surface area contributed by atoms with Crippen LogP contribution in [0.1, 0.15) is 67.7 Å². The molecule has 17 heavy (non-hydrogen) atoms. The predicted molar refractivity (Wildman–Crippen MR) is 71.1 cm³/mol. The summed E-state index contributed by atoms with van der Waals surface area (Å²) in [7, 11) is 0. The predicted octanol–water partition coefficient (Wildman–Crippen LogP) is 3.91. The van der Waals surface area contributed by atoms with Crippen molar-refractivity contribution in [1.82, 2.24) is 0 Å². The molecule has 0 fully saturated rings. The fraction of sp³-hybridized carbons (Fsp3) is 0.857. The van der Waals surface area contributed by atoms with Gasteiger partial charge in [-0.1, -0.05) is 48.5 Å². The van der Waals surface area contributed by atoms with Crippen LogP contribution in [0.2, 0.25) is 0 Å². The van der Waals surface area contributed by atoms with E-state index in [0.29, 0.717) is 5.78 Å². The summed E-state index contributed by atoms with van der Waals surface area (Å²) in [6.45, 7) is 13.6. The minimum absolute atomic E-state index is 0.0775. The molecule has 102 valence electrons. The Morgan fingerprint density at radius 1 is 1.00 bits per heavy atom. The number of Topliss-reactive ketones (excluding diaryl/α,β-unsaturated/α-hetero) is 1. The lowest BCUT2D eigenvalue weighted by atomic mass is 9.88. The molecule has 0 amide bonds. The van der Waals surface area contributed by atoms with E-state index in [1.165, 1.54) is 0 Å². The number of hydrogen-bond acceptors (Lipinski definition) is 2. The lowest BCUT2D eigenvalue weighted by Crippen LogP contribution is -2.19. The van der Waals surface area contributed by atoms with Crippen LogP contribution in [0, 0.1) is 10.8 Å². The summed E-state index contributed by atoms with van der Waals surface area (Å²) in [5, 5.41) is 8.25. The molecule has 0 bridgehead atoms. The van der Waals surface area contributed by atoms with Gasteiger partial charge in [0.2, 0.25) is 0 Å². The Hall–Kier alpha value is -0.860. The summed E-state index contributed by atoms with van der Waals surface area (Å²) in [5.74, 6) is -0.359. The van der Waals surface area contributed by atoms with Crippen LogP contribution in [0.4, 0.5) is 0 Å². The van der Waals surface area contributed by atoms with Crippen LogP contribution in [-0.4, -0.2) is 16.9 Å². The first-order chi connectivity index (χ1) is 7.40. The zero-order valence-electron chi connectivity index (χ0n) is 12.4.